The lowest BCUT2D eigenvalue weighted by molar-refractivity contribution is -0.148. The summed E-state index contributed by atoms with van der Waals surface area (Å²) < 4.78 is 0. The molecule has 0 spiro atoms. The van der Waals surface area contributed by atoms with Crippen molar-refractivity contribution >= 4 is 29.0 Å². The Bertz CT molecular complexity index is 500. The Balaban J connectivity index is 2.25. The van der Waals surface area contributed by atoms with E-state index < -0.39 is 0 Å². The van der Waals surface area contributed by atoms with Crippen LogP contribution in [0.25, 0.3) is 0 Å². The normalized spacial score (nSPS) is 15.9. The van der Waals surface area contributed by atoms with Crippen LogP contribution in [0.4, 0.5) is 0 Å². The maximum Gasteiger partial charge on any atom is 0.229 e. The molecule has 18 heavy (non-hydrogen) atoms. The summed E-state index contributed by atoms with van der Waals surface area (Å²) in [5.74, 6) is -0.298. The summed E-state index contributed by atoms with van der Waals surface area (Å²) in [6.07, 6.45) is 3.03. The van der Waals surface area contributed by atoms with Gasteiger partial charge in [0.05, 0.1) is 6.54 Å². The highest BCUT2D eigenvalue weighted by atomic mass is 32.1. The van der Waals surface area contributed by atoms with E-state index in [1.54, 1.807) is 18.3 Å². The van der Waals surface area contributed by atoms with Gasteiger partial charge in [-0.3, -0.25) is 19.5 Å². The van der Waals surface area contributed by atoms with Crippen molar-refractivity contribution in [2.75, 3.05) is 0 Å². The van der Waals surface area contributed by atoms with Gasteiger partial charge in [0, 0.05) is 24.6 Å². The van der Waals surface area contributed by atoms with Crippen LogP contribution in [0, 0.1) is 0 Å². The van der Waals surface area contributed by atoms with Crippen molar-refractivity contribution in [3.8, 4) is 0 Å². The molecule has 0 bridgehead atoms. The van der Waals surface area contributed by atoms with Gasteiger partial charge in [-0.25, -0.2) is 0 Å². The van der Waals surface area contributed by atoms with Gasteiger partial charge in [0.15, 0.2) is 0 Å². The predicted octanol–water partition coefficient (Wildman–Crippen LogP) is 0.755. The molecule has 0 saturated carbocycles. The van der Waals surface area contributed by atoms with Crippen LogP contribution in [0.3, 0.4) is 0 Å². The Morgan fingerprint density at radius 3 is 2.67 bits per heavy atom. The van der Waals surface area contributed by atoms with Crippen LogP contribution in [0.5, 0.6) is 0 Å². The Morgan fingerprint density at radius 2 is 2.06 bits per heavy atom. The number of aromatic nitrogens is 1. The second kappa shape index (κ2) is 5.22. The summed E-state index contributed by atoms with van der Waals surface area (Å²) in [6.45, 7) is 0.193. The molecule has 0 unspecified atom stereocenters. The van der Waals surface area contributed by atoms with E-state index in [1.807, 2.05) is 0 Å². The second-order valence-electron chi connectivity index (χ2n) is 4.10. The molecular weight excluding hydrogens is 250 g/mol. The lowest BCUT2D eigenvalue weighted by Crippen LogP contribution is -2.39. The number of pyridine rings is 1. The van der Waals surface area contributed by atoms with E-state index in [9.17, 15) is 9.59 Å². The zero-order valence-corrected chi connectivity index (χ0v) is 10.6. The largest absolute Gasteiger partial charge is 0.388 e. The molecule has 0 aliphatic carbocycles. The van der Waals surface area contributed by atoms with Crippen molar-refractivity contribution in [3.05, 3.63) is 29.6 Å². The van der Waals surface area contributed by atoms with Crippen LogP contribution in [0.2, 0.25) is 0 Å². The van der Waals surface area contributed by atoms with Crippen LogP contribution in [0.1, 0.15) is 30.5 Å². The minimum absolute atomic E-state index is 0.149. The third-order valence-corrected chi connectivity index (χ3v) is 3.03. The SMILES string of the molecule is NC(=S)c1ncccc1CN1C(=O)CCCC1=O. The number of likely N-dealkylation sites (tertiary alicyclic amines) is 1. The number of carbonyl (C=O) groups is 2. The van der Waals surface area contributed by atoms with Crippen molar-refractivity contribution < 1.29 is 9.59 Å². The number of rotatable bonds is 3. The molecule has 1 aromatic rings. The maximum absolute atomic E-state index is 11.7. The number of nitrogens with two attached hydrogens (primary N) is 1. The fraction of sp³-hybridized carbons (Fsp3) is 0.333. The second-order valence-corrected chi connectivity index (χ2v) is 4.54. The van der Waals surface area contributed by atoms with Gasteiger partial charge in [-0.2, -0.15) is 0 Å². The van der Waals surface area contributed by atoms with Crippen molar-refractivity contribution in [2.24, 2.45) is 5.73 Å². The van der Waals surface area contributed by atoms with Crippen LogP contribution in [-0.4, -0.2) is 26.7 Å². The maximum atomic E-state index is 11.7. The Labute approximate surface area is 110 Å². The van der Waals surface area contributed by atoms with Gasteiger partial charge in [0.1, 0.15) is 10.7 Å². The zero-order chi connectivity index (χ0) is 13.1. The van der Waals surface area contributed by atoms with E-state index in [-0.39, 0.29) is 23.3 Å². The first kappa shape index (κ1) is 12.6. The molecule has 94 valence electrons. The number of thiocarbonyl (C=S) groups is 1. The van der Waals surface area contributed by atoms with Crippen LogP contribution >= 0.6 is 12.2 Å². The van der Waals surface area contributed by atoms with E-state index in [0.717, 1.165) is 0 Å². The van der Waals surface area contributed by atoms with Crippen molar-refractivity contribution in [1.82, 2.24) is 9.88 Å². The molecule has 0 aromatic carbocycles. The average Bonchev–Trinajstić information content (AvgIpc) is 2.34. The quantitative estimate of drug-likeness (QED) is 0.643. The molecule has 0 radical (unpaired) electrons. The summed E-state index contributed by atoms with van der Waals surface area (Å²) in [7, 11) is 0. The molecule has 5 nitrogen and oxygen atoms in total. The van der Waals surface area contributed by atoms with E-state index in [0.29, 0.717) is 30.5 Å². The number of hydrogen-bond donors (Lipinski definition) is 1. The van der Waals surface area contributed by atoms with Crippen molar-refractivity contribution in [2.45, 2.75) is 25.8 Å². The molecule has 1 aliphatic rings. The molecule has 2 N–H and O–H groups in total. The first-order valence-corrected chi connectivity index (χ1v) is 6.07. The zero-order valence-electron chi connectivity index (χ0n) is 9.76. The third kappa shape index (κ3) is 2.53. The lowest BCUT2D eigenvalue weighted by Gasteiger charge is -2.25. The minimum Gasteiger partial charge on any atom is -0.388 e. The fourth-order valence-corrected chi connectivity index (χ4v) is 2.12. The highest BCUT2D eigenvalue weighted by Crippen LogP contribution is 2.17. The molecular formula is C12H13N3O2S. The van der Waals surface area contributed by atoms with Gasteiger partial charge in [-0.1, -0.05) is 18.3 Å². The van der Waals surface area contributed by atoms with Crippen LogP contribution < -0.4 is 5.73 Å². The number of hydrogen-bond acceptors (Lipinski definition) is 4. The minimum atomic E-state index is -0.149. The Morgan fingerprint density at radius 1 is 1.39 bits per heavy atom. The van der Waals surface area contributed by atoms with Crippen molar-refractivity contribution in [3.63, 3.8) is 0 Å². The van der Waals surface area contributed by atoms with Crippen LogP contribution in [0.15, 0.2) is 18.3 Å². The summed E-state index contributed by atoms with van der Waals surface area (Å²) >= 11 is 4.90. The average molecular weight is 263 g/mol. The Kier molecular flexibility index (Phi) is 3.66. The Hall–Kier alpha value is -1.82. The first-order valence-electron chi connectivity index (χ1n) is 5.66. The molecule has 2 amide bonds. The molecule has 6 heteroatoms. The highest BCUT2D eigenvalue weighted by Gasteiger charge is 2.26. The third-order valence-electron chi connectivity index (χ3n) is 2.84. The number of piperidine rings is 1. The van der Waals surface area contributed by atoms with Gasteiger partial charge < -0.3 is 5.73 Å². The van der Waals surface area contributed by atoms with E-state index >= 15 is 0 Å². The summed E-state index contributed by atoms with van der Waals surface area (Å²) in [4.78, 5) is 28.9. The molecule has 1 saturated heterocycles. The molecule has 2 rings (SSSR count). The van der Waals surface area contributed by atoms with E-state index in [2.05, 4.69) is 4.98 Å². The number of imide groups is 1. The van der Waals surface area contributed by atoms with Gasteiger partial charge in [-0.15, -0.1) is 0 Å². The van der Waals surface area contributed by atoms with Gasteiger partial charge in [0.2, 0.25) is 11.8 Å². The predicted molar refractivity (Wildman–Crippen MR) is 69.5 cm³/mol. The smallest absolute Gasteiger partial charge is 0.229 e. The van der Waals surface area contributed by atoms with Crippen LogP contribution in [-0.2, 0) is 16.1 Å². The summed E-state index contributed by atoms with van der Waals surface area (Å²) in [5.41, 5.74) is 6.74. The molecule has 1 aromatic heterocycles. The molecule has 0 atom stereocenters. The highest BCUT2D eigenvalue weighted by molar-refractivity contribution is 7.80. The molecule has 2 heterocycles. The molecule has 1 fully saturated rings. The summed E-state index contributed by atoms with van der Waals surface area (Å²) in [6, 6.07) is 3.51. The van der Waals surface area contributed by atoms with Gasteiger partial charge in [0.25, 0.3) is 0 Å². The van der Waals surface area contributed by atoms with Gasteiger partial charge in [-0.05, 0) is 12.5 Å². The number of nitrogens with zero attached hydrogens (tertiary/aromatic N) is 2. The first-order chi connectivity index (χ1) is 8.59. The number of carbonyl (C=O) groups excluding carboxylic acids is 2. The van der Waals surface area contributed by atoms with Gasteiger partial charge >= 0.3 is 0 Å². The fourth-order valence-electron chi connectivity index (χ4n) is 1.93. The van der Waals surface area contributed by atoms with E-state index in [4.69, 9.17) is 18.0 Å². The standard InChI is InChI=1S/C12H13N3O2S/c13-12(18)11-8(3-2-6-14-11)7-15-9(16)4-1-5-10(15)17/h2-3,6H,1,4-5,7H2,(H2,13,18). The number of amides is 2. The monoisotopic (exact) mass is 263 g/mol. The molecule has 1 aliphatic heterocycles. The lowest BCUT2D eigenvalue weighted by atomic mass is 10.1. The van der Waals surface area contributed by atoms with Crippen molar-refractivity contribution in [1.29, 1.82) is 0 Å². The van der Waals surface area contributed by atoms with E-state index in [1.165, 1.54) is 4.90 Å². The topological polar surface area (TPSA) is 76.3 Å². The summed E-state index contributed by atoms with van der Waals surface area (Å²) in [5, 5.41) is 0.